The van der Waals surface area contributed by atoms with Gasteiger partial charge in [-0.1, -0.05) is 19.3 Å². The van der Waals surface area contributed by atoms with E-state index in [2.05, 4.69) is 28.9 Å². The highest BCUT2D eigenvalue weighted by Gasteiger charge is 2.33. The van der Waals surface area contributed by atoms with E-state index >= 15 is 0 Å². The minimum absolute atomic E-state index is 0.173. The van der Waals surface area contributed by atoms with Gasteiger partial charge in [0.1, 0.15) is 0 Å². The van der Waals surface area contributed by atoms with Crippen molar-refractivity contribution in [2.75, 3.05) is 26.2 Å². The number of carbonyl (C=O) groups excluding carboxylic acids is 1. The molecule has 1 aliphatic carbocycles. The largest absolute Gasteiger partial charge is 0.373 e. The molecule has 1 N–H and O–H groups in total. The van der Waals surface area contributed by atoms with Crippen molar-refractivity contribution < 1.29 is 9.53 Å². The SMILES string of the molecule is C[C@@H]1CN(C2CCN(C(=O)c3cn[nH]c3C3CCCCC3)CC2)C[C@H](C)O1. The smallest absolute Gasteiger partial charge is 0.257 e. The van der Waals surface area contributed by atoms with Crippen molar-refractivity contribution >= 4 is 5.91 Å². The fourth-order valence-corrected chi connectivity index (χ4v) is 5.29. The molecular formula is C21H34N4O2. The molecule has 1 aromatic rings. The van der Waals surface area contributed by atoms with Crippen LogP contribution >= 0.6 is 0 Å². The molecule has 2 aliphatic heterocycles. The zero-order valence-corrected chi connectivity index (χ0v) is 16.8. The normalized spacial score (nSPS) is 29.2. The van der Waals surface area contributed by atoms with E-state index in [4.69, 9.17) is 4.74 Å². The molecule has 3 heterocycles. The topological polar surface area (TPSA) is 61.5 Å². The average molecular weight is 375 g/mol. The standard InChI is InChI=1S/C21H34N4O2/c1-15-13-25(14-16(2)27-15)18-8-10-24(11-9-18)21(26)19-12-22-23-20(19)17-6-4-3-5-7-17/h12,15-18H,3-11,13-14H2,1-2H3,(H,22,23)/t15-,16+. The molecule has 1 saturated carbocycles. The van der Waals surface area contributed by atoms with Crippen molar-refractivity contribution in [1.82, 2.24) is 20.0 Å². The van der Waals surface area contributed by atoms with Gasteiger partial charge in [0.25, 0.3) is 5.91 Å². The first kappa shape index (κ1) is 18.9. The van der Waals surface area contributed by atoms with Gasteiger partial charge in [0.05, 0.1) is 29.7 Å². The molecule has 0 aromatic carbocycles. The maximum Gasteiger partial charge on any atom is 0.257 e. The Balaban J connectivity index is 1.36. The third kappa shape index (κ3) is 4.21. The Labute approximate surface area is 162 Å². The van der Waals surface area contributed by atoms with Gasteiger partial charge < -0.3 is 9.64 Å². The molecule has 2 atom stereocenters. The Morgan fingerprint density at radius 3 is 2.41 bits per heavy atom. The lowest BCUT2D eigenvalue weighted by Crippen LogP contribution is -2.53. The highest BCUT2D eigenvalue weighted by atomic mass is 16.5. The van der Waals surface area contributed by atoms with Crippen LogP contribution in [0, 0.1) is 0 Å². The molecule has 3 fully saturated rings. The van der Waals surface area contributed by atoms with Crippen molar-refractivity contribution in [2.45, 2.75) is 83.0 Å². The first-order valence-electron chi connectivity index (χ1n) is 10.8. The number of hydrogen-bond acceptors (Lipinski definition) is 4. The Bertz CT molecular complexity index is 622. The fourth-order valence-electron chi connectivity index (χ4n) is 5.29. The second-order valence-corrected chi connectivity index (χ2v) is 8.77. The molecule has 1 aromatic heterocycles. The van der Waals surface area contributed by atoms with Crippen LogP contribution in [0.5, 0.6) is 0 Å². The molecule has 3 aliphatic rings. The van der Waals surface area contributed by atoms with Crippen LogP contribution in [0.2, 0.25) is 0 Å². The molecule has 0 unspecified atom stereocenters. The van der Waals surface area contributed by atoms with Crippen LogP contribution in [0.15, 0.2) is 6.20 Å². The number of nitrogens with zero attached hydrogens (tertiary/aromatic N) is 3. The average Bonchev–Trinajstić information content (AvgIpc) is 3.17. The molecule has 0 bridgehead atoms. The van der Waals surface area contributed by atoms with E-state index in [9.17, 15) is 4.79 Å². The minimum atomic E-state index is 0.173. The van der Waals surface area contributed by atoms with E-state index in [1.165, 1.54) is 32.1 Å². The zero-order chi connectivity index (χ0) is 18.8. The number of aromatic amines is 1. The molecule has 4 rings (SSSR count). The molecular weight excluding hydrogens is 340 g/mol. The summed E-state index contributed by atoms with van der Waals surface area (Å²) in [6.45, 7) is 8.03. The van der Waals surface area contributed by atoms with E-state index < -0.39 is 0 Å². The van der Waals surface area contributed by atoms with Gasteiger partial charge in [0, 0.05) is 38.1 Å². The number of rotatable bonds is 3. The van der Waals surface area contributed by atoms with E-state index in [0.717, 1.165) is 50.3 Å². The second-order valence-electron chi connectivity index (χ2n) is 8.77. The highest BCUT2D eigenvalue weighted by molar-refractivity contribution is 5.95. The van der Waals surface area contributed by atoms with Crippen molar-refractivity contribution in [1.29, 1.82) is 0 Å². The van der Waals surface area contributed by atoms with Crippen molar-refractivity contribution in [2.24, 2.45) is 0 Å². The number of piperidine rings is 1. The van der Waals surface area contributed by atoms with Crippen LogP contribution in [-0.4, -0.2) is 70.3 Å². The van der Waals surface area contributed by atoms with Crippen LogP contribution in [0.1, 0.15) is 80.8 Å². The number of amides is 1. The van der Waals surface area contributed by atoms with E-state index in [0.29, 0.717) is 24.2 Å². The van der Waals surface area contributed by atoms with Gasteiger partial charge in [-0.2, -0.15) is 5.10 Å². The lowest BCUT2D eigenvalue weighted by atomic mass is 9.85. The van der Waals surface area contributed by atoms with Crippen molar-refractivity contribution in [3.8, 4) is 0 Å². The quantitative estimate of drug-likeness (QED) is 0.883. The van der Waals surface area contributed by atoms with Gasteiger partial charge in [-0.15, -0.1) is 0 Å². The summed E-state index contributed by atoms with van der Waals surface area (Å²) in [5.74, 6) is 0.653. The lowest BCUT2D eigenvalue weighted by Gasteiger charge is -2.43. The monoisotopic (exact) mass is 374 g/mol. The molecule has 0 radical (unpaired) electrons. The maximum absolute atomic E-state index is 13.1. The first-order chi connectivity index (χ1) is 13.1. The summed E-state index contributed by atoms with van der Waals surface area (Å²) >= 11 is 0. The van der Waals surface area contributed by atoms with E-state index in [1.807, 2.05) is 4.90 Å². The Kier molecular flexibility index (Phi) is 5.83. The number of nitrogens with one attached hydrogen (secondary N) is 1. The van der Waals surface area contributed by atoms with Crippen molar-refractivity contribution in [3.63, 3.8) is 0 Å². The molecule has 150 valence electrons. The molecule has 1 amide bonds. The Hall–Kier alpha value is -1.40. The molecule has 6 nitrogen and oxygen atoms in total. The van der Waals surface area contributed by atoms with Gasteiger partial charge in [0.15, 0.2) is 0 Å². The van der Waals surface area contributed by atoms with E-state index in [1.54, 1.807) is 6.20 Å². The fraction of sp³-hybridized carbons (Fsp3) is 0.810. The van der Waals surface area contributed by atoms with Crippen LogP contribution in [0.4, 0.5) is 0 Å². The number of H-pyrrole nitrogens is 1. The zero-order valence-electron chi connectivity index (χ0n) is 16.8. The highest BCUT2D eigenvalue weighted by Crippen LogP contribution is 2.34. The van der Waals surface area contributed by atoms with Gasteiger partial charge in [-0.3, -0.25) is 14.8 Å². The summed E-state index contributed by atoms with van der Waals surface area (Å²) in [4.78, 5) is 17.8. The summed E-state index contributed by atoms with van der Waals surface area (Å²) in [6, 6.07) is 0.574. The Morgan fingerprint density at radius 2 is 1.74 bits per heavy atom. The Morgan fingerprint density at radius 1 is 1.07 bits per heavy atom. The number of hydrogen-bond donors (Lipinski definition) is 1. The van der Waals surface area contributed by atoms with Crippen LogP contribution < -0.4 is 0 Å². The van der Waals surface area contributed by atoms with Gasteiger partial charge in [-0.05, 0) is 39.5 Å². The summed E-state index contributed by atoms with van der Waals surface area (Å²) in [6.07, 6.45) is 10.7. The van der Waals surface area contributed by atoms with Gasteiger partial charge >= 0.3 is 0 Å². The summed E-state index contributed by atoms with van der Waals surface area (Å²) in [7, 11) is 0. The van der Waals surface area contributed by atoms with Crippen LogP contribution in [0.25, 0.3) is 0 Å². The first-order valence-corrected chi connectivity index (χ1v) is 10.8. The second kappa shape index (κ2) is 8.31. The number of likely N-dealkylation sites (tertiary alicyclic amines) is 1. The number of carbonyl (C=O) groups is 1. The third-order valence-electron chi connectivity index (χ3n) is 6.63. The molecule has 2 saturated heterocycles. The van der Waals surface area contributed by atoms with Crippen LogP contribution in [-0.2, 0) is 4.74 Å². The predicted octanol–water partition coefficient (Wildman–Crippen LogP) is 3.17. The maximum atomic E-state index is 13.1. The number of aromatic nitrogens is 2. The minimum Gasteiger partial charge on any atom is -0.373 e. The van der Waals surface area contributed by atoms with Crippen LogP contribution in [0.3, 0.4) is 0 Å². The van der Waals surface area contributed by atoms with Crippen molar-refractivity contribution in [3.05, 3.63) is 17.5 Å². The summed E-state index contributed by atoms with van der Waals surface area (Å²) in [5.41, 5.74) is 1.90. The predicted molar refractivity (Wildman–Crippen MR) is 105 cm³/mol. The lowest BCUT2D eigenvalue weighted by molar-refractivity contribution is -0.0856. The molecule has 6 heteroatoms. The summed E-state index contributed by atoms with van der Waals surface area (Å²) in [5, 5.41) is 7.37. The summed E-state index contributed by atoms with van der Waals surface area (Å²) < 4.78 is 5.87. The molecule has 27 heavy (non-hydrogen) atoms. The number of ether oxygens (including phenoxy) is 1. The van der Waals surface area contributed by atoms with E-state index in [-0.39, 0.29) is 5.91 Å². The van der Waals surface area contributed by atoms with Gasteiger partial charge in [0.2, 0.25) is 0 Å². The molecule has 0 spiro atoms. The third-order valence-corrected chi connectivity index (χ3v) is 6.63. The van der Waals surface area contributed by atoms with Gasteiger partial charge in [-0.25, -0.2) is 0 Å². The number of morpholine rings is 1.